The van der Waals surface area contributed by atoms with E-state index in [1.54, 1.807) is 6.07 Å². The lowest BCUT2D eigenvalue weighted by molar-refractivity contribution is 0.0595. The first kappa shape index (κ1) is 10.6. The summed E-state index contributed by atoms with van der Waals surface area (Å²) < 4.78 is 4.60. The Morgan fingerprint density at radius 2 is 2.07 bits per heavy atom. The molecule has 0 saturated heterocycles. The van der Waals surface area contributed by atoms with Crippen LogP contribution < -0.4 is 0 Å². The van der Waals surface area contributed by atoms with Crippen LogP contribution >= 0.6 is 12.4 Å². The van der Waals surface area contributed by atoms with Crippen LogP contribution in [0.3, 0.4) is 0 Å². The van der Waals surface area contributed by atoms with Crippen molar-refractivity contribution < 1.29 is 9.53 Å². The Balaban J connectivity index is 0.000000980. The van der Waals surface area contributed by atoms with Gasteiger partial charge in [-0.05, 0) is 12.1 Å². The van der Waals surface area contributed by atoms with Gasteiger partial charge < -0.3 is 9.72 Å². The zero-order valence-electron chi connectivity index (χ0n) is 7.61. The van der Waals surface area contributed by atoms with E-state index in [-0.39, 0.29) is 18.4 Å². The number of hydrogen-bond donors (Lipinski definition) is 1. The van der Waals surface area contributed by atoms with Gasteiger partial charge in [0.15, 0.2) is 0 Å². The van der Waals surface area contributed by atoms with Crippen molar-refractivity contribution in [3.8, 4) is 0 Å². The van der Waals surface area contributed by atoms with Crippen LogP contribution in [0.1, 0.15) is 10.5 Å². The van der Waals surface area contributed by atoms with Crippen LogP contribution in [-0.2, 0) is 4.74 Å². The molecule has 0 aliphatic heterocycles. The lowest BCUT2D eigenvalue weighted by Crippen LogP contribution is -2.00. The van der Waals surface area contributed by atoms with E-state index < -0.39 is 0 Å². The number of hydrogen-bond acceptors (Lipinski definition) is 2. The molecule has 1 aromatic heterocycles. The second kappa shape index (κ2) is 4.15. The highest BCUT2D eigenvalue weighted by atomic mass is 35.5. The molecule has 1 N–H and O–H groups in total. The van der Waals surface area contributed by atoms with Crippen molar-refractivity contribution in [2.45, 2.75) is 0 Å². The van der Waals surface area contributed by atoms with E-state index in [1.807, 2.05) is 24.3 Å². The molecule has 0 bridgehead atoms. The summed E-state index contributed by atoms with van der Waals surface area (Å²) in [5, 5.41) is 1.02. The SMILES string of the molecule is COC(=O)c1cc2ccccc2[nH]1.Cl. The molecule has 0 spiro atoms. The number of benzene rings is 1. The molecular weight excluding hydrogens is 202 g/mol. The van der Waals surface area contributed by atoms with Crippen molar-refractivity contribution in [2.24, 2.45) is 0 Å². The molecule has 3 nitrogen and oxygen atoms in total. The van der Waals surface area contributed by atoms with Crippen molar-refractivity contribution in [3.05, 3.63) is 36.0 Å². The van der Waals surface area contributed by atoms with Crippen LogP contribution in [0.5, 0.6) is 0 Å². The average Bonchev–Trinajstić information content (AvgIpc) is 2.59. The summed E-state index contributed by atoms with van der Waals surface area (Å²) in [4.78, 5) is 14.1. The average molecular weight is 212 g/mol. The molecule has 2 rings (SSSR count). The molecule has 0 unspecified atom stereocenters. The predicted molar refractivity (Wildman–Crippen MR) is 56.9 cm³/mol. The standard InChI is InChI=1S/C10H9NO2.ClH/c1-13-10(12)9-6-7-4-2-3-5-8(7)11-9;/h2-6,11H,1H3;1H. The van der Waals surface area contributed by atoms with Gasteiger partial charge in [-0.1, -0.05) is 18.2 Å². The van der Waals surface area contributed by atoms with Crippen LogP contribution in [0, 0.1) is 0 Å². The molecular formula is C10H10ClNO2. The van der Waals surface area contributed by atoms with Crippen LogP contribution in [0.2, 0.25) is 0 Å². The summed E-state index contributed by atoms with van der Waals surface area (Å²) in [6.45, 7) is 0. The van der Waals surface area contributed by atoms with Crippen molar-refractivity contribution >= 4 is 29.3 Å². The van der Waals surface area contributed by atoms with E-state index in [0.717, 1.165) is 10.9 Å². The van der Waals surface area contributed by atoms with Gasteiger partial charge in [0.1, 0.15) is 5.69 Å². The fourth-order valence-corrected chi connectivity index (χ4v) is 1.29. The number of H-pyrrole nitrogens is 1. The number of aromatic nitrogens is 1. The van der Waals surface area contributed by atoms with Gasteiger partial charge in [0.2, 0.25) is 0 Å². The molecule has 0 aliphatic rings. The Kier molecular flexibility index (Phi) is 3.14. The number of aromatic amines is 1. The summed E-state index contributed by atoms with van der Waals surface area (Å²) in [5.74, 6) is -0.337. The van der Waals surface area contributed by atoms with E-state index >= 15 is 0 Å². The number of halogens is 1. The minimum Gasteiger partial charge on any atom is -0.464 e. The maximum Gasteiger partial charge on any atom is 0.354 e. The Morgan fingerprint density at radius 1 is 1.36 bits per heavy atom. The molecule has 0 fully saturated rings. The minimum absolute atomic E-state index is 0. The predicted octanol–water partition coefficient (Wildman–Crippen LogP) is 2.38. The zero-order valence-corrected chi connectivity index (χ0v) is 8.43. The summed E-state index contributed by atoms with van der Waals surface area (Å²) >= 11 is 0. The number of rotatable bonds is 1. The molecule has 0 radical (unpaired) electrons. The van der Waals surface area contributed by atoms with Gasteiger partial charge in [-0.15, -0.1) is 12.4 Å². The van der Waals surface area contributed by atoms with Gasteiger partial charge in [0.05, 0.1) is 7.11 Å². The molecule has 1 aromatic carbocycles. The molecule has 1 heterocycles. The fourth-order valence-electron chi connectivity index (χ4n) is 1.29. The lowest BCUT2D eigenvalue weighted by atomic mass is 10.2. The van der Waals surface area contributed by atoms with Gasteiger partial charge >= 0.3 is 5.97 Å². The Hall–Kier alpha value is -1.48. The topological polar surface area (TPSA) is 42.1 Å². The van der Waals surface area contributed by atoms with Gasteiger partial charge in [0, 0.05) is 10.9 Å². The number of esters is 1. The molecule has 2 aromatic rings. The third kappa shape index (κ3) is 1.72. The van der Waals surface area contributed by atoms with Crippen LogP contribution in [-0.4, -0.2) is 18.1 Å². The Labute approximate surface area is 87.5 Å². The van der Waals surface area contributed by atoms with Crippen molar-refractivity contribution in [1.29, 1.82) is 0 Å². The smallest absolute Gasteiger partial charge is 0.354 e. The molecule has 0 amide bonds. The highest BCUT2D eigenvalue weighted by Gasteiger charge is 2.07. The van der Waals surface area contributed by atoms with Gasteiger partial charge in [-0.25, -0.2) is 4.79 Å². The summed E-state index contributed by atoms with van der Waals surface area (Å²) in [6.07, 6.45) is 0. The third-order valence-electron chi connectivity index (χ3n) is 1.94. The number of carbonyl (C=O) groups excluding carboxylic acids is 1. The summed E-state index contributed by atoms with van der Waals surface area (Å²) in [6, 6.07) is 9.48. The monoisotopic (exact) mass is 211 g/mol. The van der Waals surface area contributed by atoms with E-state index in [1.165, 1.54) is 7.11 Å². The van der Waals surface area contributed by atoms with Crippen molar-refractivity contribution in [3.63, 3.8) is 0 Å². The van der Waals surface area contributed by atoms with E-state index in [2.05, 4.69) is 9.72 Å². The molecule has 14 heavy (non-hydrogen) atoms. The summed E-state index contributed by atoms with van der Waals surface area (Å²) in [7, 11) is 1.37. The zero-order chi connectivity index (χ0) is 9.26. The Morgan fingerprint density at radius 3 is 2.71 bits per heavy atom. The van der Waals surface area contributed by atoms with Gasteiger partial charge in [0.25, 0.3) is 0 Å². The minimum atomic E-state index is -0.337. The van der Waals surface area contributed by atoms with Crippen LogP contribution in [0.15, 0.2) is 30.3 Å². The number of fused-ring (bicyclic) bond motifs is 1. The first-order valence-electron chi connectivity index (χ1n) is 3.97. The first-order valence-corrected chi connectivity index (χ1v) is 3.97. The van der Waals surface area contributed by atoms with Crippen molar-refractivity contribution in [1.82, 2.24) is 4.98 Å². The highest BCUT2D eigenvalue weighted by molar-refractivity contribution is 5.94. The largest absolute Gasteiger partial charge is 0.464 e. The Bertz CT molecular complexity index is 417. The quantitative estimate of drug-likeness (QED) is 0.736. The van der Waals surface area contributed by atoms with E-state index in [0.29, 0.717) is 5.69 Å². The molecule has 4 heteroatoms. The molecule has 0 saturated carbocycles. The third-order valence-corrected chi connectivity index (χ3v) is 1.94. The van der Waals surface area contributed by atoms with E-state index in [9.17, 15) is 4.79 Å². The van der Waals surface area contributed by atoms with Gasteiger partial charge in [-0.2, -0.15) is 0 Å². The van der Waals surface area contributed by atoms with E-state index in [4.69, 9.17) is 0 Å². The number of para-hydroxylation sites is 1. The maximum atomic E-state index is 11.1. The second-order valence-corrected chi connectivity index (χ2v) is 2.76. The summed E-state index contributed by atoms with van der Waals surface area (Å²) in [5.41, 5.74) is 1.44. The number of nitrogens with one attached hydrogen (secondary N) is 1. The first-order chi connectivity index (χ1) is 6.31. The molecule has 0 atom stereocenters. The molecule has 74 valence electrons. The number of ether oxygens (including phenoxy) is 1. The number of methoxy groups -OCH3 is 1. The number of carbonyl (C=O) groups is 1. The maximum absolute atomic E-state index is 11.1. The second-order valence-electron chi connectivity index (χ2n) is 2.76. The van der Waals surface area contributed by atoms with Crippen LogP contribution in [0.4, 0.5) is 0 Å². The lowest BCUT2D eigenvalue weighted by Gasteiger charge is -1.91. The van der Waals surface area contributed by atoms with Crippen LogP contribution in [0.25, 0.3) is 10.9 Å². The highest BCUT2D eigenvalue weighted by Crippen LogP contribution is 2.14. The van der Waals surface area contributed by atoms with Gasteiger partial charge in [-0.3, -0.25) is 0 Å². The fraction of sp³-hybridized carbons (Fsp3) is 0.100. The van der Waals surface area contributed by atoms with Crippen molar-refractivity contribution in [2.75, 3.05) is 7.11 Å². The molecule has 0 aliphatic carbocycles. The normalized spacial score (nSPS) is 9.50.